The number of benzene rings is 1. The van der Waals surface area contributed by atoms with Crippen LogP contribution in [-0.2, 0) is 10.7 Å². The van der Waals surface area contributed by atoms with E-state index in [1.54, 1.807) is 6.07 Å². The summed E-state index contributed by atoms with van der Waals surface area (Å²) in [6.45, 7) is 1.30. The van der Waals surface area contributed by atoms with E-state index in [2.05, 4.69) is 0 Å². The molecule has 6 nitrogen and oxygen atoms in total. The lowest BCUT2D eigenvalue weighted by molar-refractivity contribution is -0.145. The number of aliphatic hydroxyl groups excluding tert-OH is 1. The zero-order chi connectivity index (χ0) is 24.1. The number of aliphatic carboxylic acids is 1. The lowest BCUT2D eigenvalue weighted by Crippen LogP contribution is -2.36. The van der Waals surface area contributed by atoms with Gasteiger partial charge in [-0.15, -0.1) is 0 Å². The first-order valence-corrected chi connectivity index (χ1v) is 10.3. The highest BCUT2D eigenvalue weighted by atomic mass is 19.3. The van der Waals surface area contributed by atoms with Gasteiger partial charge >= 0.3 is 17.9 Å². The van der Waals surface area contributed by atoms with E-state index in [1.165, 1.54) is 54.1 Å². The number of rotatable bonds is 11. The van der Waals surface area contributed by atoms with Crippen LogP contribution in [0.3, 0.4) is 0 Å². The van der Waals surface area contributed by atoms with E-state index < -0.39 is 54.8 Å². The fourth-order valence-corrected chi connectivity index (χ4v) is 3.58. The van der Waals surface area contributed by atoms with Gasteiger partial charge in [0.05, 0.1) is 12.0 Å². The van der Waals surface area contributed by atoms with E-state index in [0.29, 0.717) is 0 Å². The number of amides is 2. The van der Waals surface area contributed by atoms with Crippen molar-refractivity contribution < 1.29 is 37.4 Å². The SMILES string of the molecule is CC(CC(F)(F)CCCN1C(=O)N(C)C[C@@H]1C=CC(O)C(F)(F)c1ccccc1)C(=O)O. The molecule has 1 aliphatic heterocycles. The minimum Gasteiger partial charge on any atom is -0.481 e. The first kappa shape index (κ1) is 25.6. The zero-order valence-electron chi connectivity index (χ0n) is 17.9. The van der Waals surface area contributed by atoms with Crippen LogP contribution >= 0.6 is 0 Å². The zero-order valence-corrected chi connectivity index (χ0v) is 17.9. The second kappa shape index (κ2) is 10.3. The van der Waals surface area contributed by atoms with E-state index in [4.69, 9.17) is 5.11 Å². The molecule has 0 spiro atoms. The predicted octanol–water partition coefficient (Wildman–Crippen LogP) is 3.96. The van der Waals surface area contributed by atoms with Crippen molar-refractivity contribution in [2.75, 3.05) is 20.1 Å². The Labute approximate surface area is 184 Å². The second-order valence-electron chi connectivity index (χ2n) is 8.15. The topological polar surface area (TPSA) is 81.1 Å². The Morgan fingerprint density at radius 3 is 2.47 bits per heavy atom. The third-order valence-electron chi connectivity index (χ3n) is 5.45. The molecule has 1 aliphatic rings. The Bertz CT molecular complexity index is 819. The van der Waals surface area contributed by atoms with E-state index in [-0.39, 0.29) is 25.1 Å². The first-order valence-electron chi connectivity index (χ1n) is 10.3. The molecule has 2 unspecified atom stereocenters. The van der Waals surface area contributed by atoms with Gasteiger partial charge < -0.3 is 20.0 Å². The third-order valence-corrected chi connectivity index (χ3v) is 5.45. The molecule has 0 aromatic heterocycles. The van der Waals surface area contributed by atoms with Gasteiger partial charge in [-0.3, -0.25) is 4.79 Å². The van der Waals surface area contributed by atoms with E-state index in [0.717, 1.165) is 6.08 Å². The molecule has 1 heterocycles. The summed E-state index contributed by atoms with van der Waals surface area (Å²) in [5, 5.41) is 18.8. The molecule has 10 heteroatoms. The smallest absolute Gasteiger partial charge is 0.320 e. The number of likely N-dealkylation sites (N-methyl/N-ethyl adjacent to an activating group) is 1. The van der Waals surface area contributed by atoms with Crippen LogP contribution in [0.25, 0.3) is 0 Å². The number of halogens is 4. The van der Waals surface area contributed by atoms with Gasteiger partial charge in [-0.05, 0) is 6.42 Å². The maximum absolute atomic E-state index is 14.5. The van der Waals surface area contributed by atoms with Gasteiger partial charge in [0.2, 0.25) is 5.92 Å². The molecule has 1 fully saturated rings. The molecule has 2 rings (SSSR count). The first-order chi connectivity index (χ1) is 14.8. The van der Waals surface area contributed by atoms with Gasteiger partial charge in [-0.1, -0.05) is 49.4 Å². The summed E-state index contributed by atoms with van der Waals surface area (Å²) in [6.07, 6.45) is -1.43. The molecule has 2 N–H and O–H groups in total. The van der Waals surface area contributed by atoms with Crippen molar-refractivity contribution >= 4 is 12.0 Å². The minimum absolute atomic E-state index is 0.0552. The number of carboxylic acid groups (broad SMARTS) is 1. The van der Waals surface area contributed by atoms with Crippen molar-refractivity contribution in [1.29, 1.82) is 0 Å². The number of carbonyl (C=O) groups excluding carboxylic acids is 1. The van der Waals surface area contributed by atoms with Gasteiger partial charge in [0.1, 0.15) is 6.10 Å². The van der Waals surface area contributed by atoms with Crippen molar-refractivity contribution in [2.24, 2.45) is 5.92 Å². The Kier molecular flexibility index (Phi) is 8.28. The molecular formula is C22H28F4N2O4. The van der Waals surface area contributed by atoms with Gasteiger partial charge in [-0.2, -0.15) is 8.78 Å². The monoisotopic (exact) mass is 460 g/mol. The lowest BCUT2D eigenvalue weighted by atomic mass is 9.99. The largest absolute Gasteiger partial charge is 0.481 e. The summed E-state index contributed by atoms with van der Waals surface area (Å²) in [7, 11) is 1.50. The molecule has 0 radical (unpaired) electrons. The van der Waals surface area contributed by atoms with Crippen LogP contribution in [-0.4, -0.2) is 70.2 Å². The van der Waals surface area contributed by atoms with Crippen LogP contribution in [0.4, 0.5) is 22.4 Å². The molecule has 0 aliphatic carbocycles. The maximum Gasteiger partial charge on any atom is 0.320 e. The number of urea groups is 1. The number of hydrogen-bond acceptors (Lipinski definition) is 3. The van der Waals surface area contributed by atoms with E-state index in [1.807, 2.05) is 0 Å². The average molecular weight is 460 g/mol. The summed E-state index contributed by atoms with van der Waals surface area (Å²) in [6, 6.07) is 5.72. The van der Waals surface area contributed by atoms with Gasteiger partial charge in [0.15, 0.2) is 0 Å². The maximum atomic E-state index is 14.5. The van der Waals surface area contributed by atoms with Crippen molar-refractivity contribution in [3.05, 3.63) is 48.0 Å². The highest BCUT2D eigenvalue weighted by Crippen LogP contribution is 2.33. The highest BCUT2D eigenvalue weighted by Gasteiger charge is 2.40. The van der Waals surface area contributed by atoms with Crippen LogP contribution in [0.2, 0.25) is 0 Å². The Morgan fingerprint density at radius 2 is 1.88 bits per heavy atom. The summed E-state index contributed by atoms with van der Waals surface area (Å²) in [4.78, 5) is 25.8. The molecule has 0 saturated carbocycles. The van der Waals surface area contributed by atoms with Crippen molar-refractivity contribution in [3.8, 4) is 0 Å². The molecule has 3 atom stereocenters. The summed E-state index contributed by atoms with van der Waals surface area (Å²) in [5.74, 6) is -9.25. The Balaban J connectivity index is 2.00. The van der Waals surface area contributed by atoms with E-state index in [9.17, 15) is 32.3 Å². The van der Waals surface area contributed by atoms with Gasteiger partial charge in [0, 0.05) is 38.5 Å². The van der Waals surface area contributed by atoms with Gasteiger partial charge in [-0.25, -0.2) is 13.6 Å². The standard InChI is InChI=1S/C22H28F4N2O4/c1-15(19(30)31)13-21(23,24)11-6-12-28-17(14-27(2)20(28)32)9-10-18(29)22(25,26)16-7-4-3-5-8-16/h3-5,7-10,15,17-18,29H,6,11-14H2,1-2H3,(H,30,31)/t15?,17-,18?/m0/s1. The van der Waals surface area contributed by atoms with Crippen molar-refractivity contribution in [2.45, 2.75) is 50.2 Å². The number of aliphatic hydroxyl groups is 1. The summed E-state index contributed by atoms with van der Waals surface area (Å²) >= 11 is 0. The summed E-state index contributed by atoms with van der Waals surface area (Å²) < 4.78 is 56.9. The lowest BCUT2D eigenvalue weighted by Gasteiger charge is -2.24. The molecule has 2 amide bonds. The van der Waals surface area contributed by atoms with Crippen LogP contribution in [0.5, 0.6) is 0 Å². The molecule has 32 heavy (non-hydrogen) atoms. The molecule has 0 bridgehead atoms. The van der Waals surface area contributed by atoms with Crippen molar-refractivity contribution in [3.63, 3.8) is 0 Å². The van der Waals surface area contributed by atoms with Crippen LogP contribution in [0.1, 0.15) is 31.7 Å². The van der Waals surface area contributed by atoms with Crippen LogP contribution in [0.15, 0.2) is 42.5 Å². The number of carboxylic acids is 1. The van der Waals surface area contributed by atoms with Crippen molar-refractivity contribution in [1.82, 2.24) is 9.80 Å². The summed E-state index contributed by atoms with van der Waals surface area (Å²) in [5.41, 5.74) is -0.355. The Hall–Kier alpha value is -2.62. The minimum atomic E-state index is -3.54. The van der Waals surface area contributed by atoms with Crippen LogP contribution < -0.4 is 0 Å². The fourth-order valence-electron chi connectivity index (χ4n) is 3.58. The Morgan fingerprint density at radius 1 is 1.25 bits per heavy atom. The number of hydrogen-bond donors (Lipinski definition) is 2. The second-order valence-corrected chi connectivity index (χ2v) is 8.15. The molecule has 1 saturated heterocycles. The van der Waals surface area contributed by atoms with E-state index >= 15 is 0 Å². The normalized spacial score (nSPS) is 19.6. The number of alkyl halides is 4. The molecular weight excluding hydrogens is 432 g/mol. The number of nitrogens with zero attached hydrogens (tertiary/aromatic N) is 2. The van der Waals surface area contributed by atoms with Gasteiger partial charge in [0.25, 0.3) is 0 Å². The van der Waals surface area contributed by atoms with Crippen LogP contribution in [0, 0.1) is 5.92 Å². The highest BCUT2D eigenvalue weighted by molar-refractivity contribution is 5.77. The molecule has 1 aromatic rings. The fraction of sp³-hybridized carbons (Fsp3) is 0.545. The predicted molar refractivity (Wildman–Crippen MR) is 110 cm³/mol. The molecule has 178 valence electrons. The average Bonchev–Trinajstić information content (AvgIpc) is 2.99. The third kappa shape index (κ3) is 6.44. The number of carbonyl (C=O) groups is 2. The quantitative estimate of drug-likeness (QED) is 0.387. The molecule has 1 aromatic carbocycles.